The first-order chi connectivity index (χ1) is 20.9. The van der Waals surface area contributed by atoms with Crippen molar-refractivity contribution in [2.45, 2.75) is 24.7 Å². The Kier molecular flexibility index (Phi) is 8.90. The molecule has 0 spiro atoms. The molecule has 0 fully saturated rings. The fourth-order valence-electron chi connectivity index (χ4n) is 6.04. The van der Waals surface area contributed by atoms with E-state index in [1.165, 1.54) is 0 Å². The van der Waals surface area contributed by atoms with Crippen LogP contribution in [0, 0.1) is 5.92 Å². The molecule has 0 bridgehead atoms. The average Bonchev–Trinajstić information content (AvgIpc) is 3.34. The molecule has 1 aliphatic rings. The Hall–Kier alpha value is -4.91. The quantitative estimate of drug-likeness (QED) is 0.168. The first-order valence-electron chi connectivity index (χ1n) is 14.1. The predicted molar refractivity (Wildman–Crippen MR) is 163 cm³/mol. The van der Waals surface area contributed by atoms with Crippen LogP contribution in [0.4, 0.5) is 0 Å². The van der Waals surface area contributed by atoms with Crippen molar-refractivity contribution in [1.29, 1.82) is 0 Å². The Morgan fingerprint density at radius 3 is 1.33 bits per heavy atom. The van der Waals surface area contributed by atoms with Crippen molar-refractivity contribution in [3.8, 4) is 23.0 Å². The third kappa shape index (κ3) is 6.02. The van der Waals surface area contributed by atoms with Crippen LogP contribution >= 0.6 is 0 Å². The highest BCUT2D eigenvalue weighted by Crippen LogP contribution is 2.54. The summed E-state index contributed by atoms with van der Waals surface area (Å²) in [5.74, 6) is 0.294. The van der Waals surface area contributed by atoms with E-state index in [9.17, 15) is 14.4 Å². The molecule has 220 valence electrons. The lowest BCUT2D eigenvalue weighted by atomic mass is 9.76. The van der Waals surface area contributed by atoms with Crippen molar-refractivity contribution in [3.05, 3.63) is 119 Å². The van der Waals surface area contributed by atoms with Crippen LogP contribution in [-0.2, 0) is 0 Å². The van der Waals surface area contributed by atoms with E-state index in [1.54, 1.807) is 89.1 Å². The van der Waals surface area contributed by atoms with Crippen molar-refractivity contribution in [2.24, 2.45) is 5.92 Å². The van der Waals surface area contributed by atoms with E-state index in [1.807, 2.05) is 30.3 Å². The van der Waals surface area contributed by atoms with Gasteiger partial charge in [0.1, 0.15) is 11.5 Å². The van der Waals surface area contributed by atoms with Gasteiger partial charge in [-0.1, -0.05) is 30.3 Å². The van der Waals surface area contributed by atoms with Crippen LogP contribution in [0.25, 0.3) is 0 Å². The Bertz CT molecular complexity index is 1510. The first-order valence-corrected chi connectivity index (χ1v) is 14.1. The summed E-state index contributed by atoms with van der Waals surface area (Å²) < 4.78 is 21.8. The molecule has 5 rings (SSSR count). The SMILES string of the molecule is COc1ccc(C(=O)C[C@@H]2c3cc(OC)c(OC)cc3[C@H](CC(=O)c3ccc(OC)cc3)C2C(=O)c2ccccc2)cc1. The van der Waals surface area contributed by atoms with Crippen LogP contribution in [0.15, 0.2) is 91.0 Å². The zero-order chi connectivity index (χ0) is 30.5. The molecule has 1 aliphatic carbocycles. The summed E-state index contributed by atoms with van der Waals surface area (Å²) in [7, 11) is 6.24. The van der Waals surface area contributed by atoms with Gasteiger partial charge in [0.05, 0.1) is 28.4 Å². The second-order valence-corrected chi connectivity index (χ2v) is 10.5. The van der Waals surface area contributed by atoms with E-state index in [4.69, 9.17) is 18.9 Å². The Morgan fingerprint density at radius 1 is 0.535 bits per heavy atom. The molecule has 0 saturated heterocycles. The zero-order valence-electron chi connectivity index (χ0n) is 24.7. The van der Waals surface area contributed by atoms with Gasteiger partial charge in [-0.2, -0.15) is 0 Å². The normalized spacial score (nSPS) is 17.1. The summed E-state index contributed by atoms with van der Waals surface area (Å²) in [6, 6.07) is 26.6. The zero-order valence-corrected chi connectivity index (χ0v) is 24.7. The van der Waals surface area contributed by atoms with Gasteiger partial charge in [-0.15, -0.1) is 0 Å². The molecule has 0 aliphatic heterocycles. The lowest BCUT2D eigenvalue weighted by Crippen LogP contribution is -2.26. The summed E-state index contributed by atoms with van der Waals surface area (Å²) >= 11 is 0. The highest BCUT2D eigenvalue weighted by molar-refractivity contribution is 6.03. The molecule has 1 unspecified atom stereocenters. The van der Waals surface area contributed by atoms with Gasteiger partial charge < -0.3 is 18.9 Å². The smallest absolute Gasteiger partial charge is 0.167 e. The highest BCUT2D eigenvalue weighted by atomic mass is 16.5. The topological polar surface area (TPSA) is 88.1 Å². The molecule has 0 radical (unpaired) electrons. The van der Waals surface area contributed by atoms with E-state index in [0.29, 0.717) is 39.7 Å². The summed E-state index contributed by atoms with van der Waals surface area (Å²) in [5, 5.41) is 0. The predicted octanol–water partition coefficient (Wildman–Crippen LogP) is 6.95. The van der Waals surface area contributed by atoms with E-state index in [2.05, 4.69) is 0 Å². The molecule has 0 amide bonds. The monoisotopic (exact) mass is 578 g/mol. The number of carbonyl (C=O) groups is 3. The molecule has 7 heteroatoms. The molecular formula is C36H34O7. The summed E-state index contributed by atoms with van der Waals surface area (Å²) in [4.78, 5) is 41.8. The maximum Gasteiger partial charge on any atom is 0.167 e. The van der Waals surface area contributed by atoms with Gasteiger partial charge in [-0.3, -0.25) is 14.4 Å². The third-order valence-corrected chi connectivity index (χ3v) is 8.25. The molecular weight excluding hydrogens is 544 g/mol. The van der Waals surface area contributed by atoms with Gasteiger partial charge in [0.25, 0.3) is 0 Å². The molecule has 0 heterocycles. The van der Waals surface area contributed by atoms with Crippen LogP contribution < -0.4 is 18.9 Å². The van der Waals surface area contributed by atoms with Crippen LogP contribution in [-0.4, -0.2) is 45.8 Å². The van der Waals surface area contributed by atoms with E-state index < -0.39 is 17.8 Å². The largest absolute Gasteiger partial charge is 0.497 e. The second kappa shape index (κ2) is 12.9. The number of Topliss-reactive ketones (excluding diaryl/α,β-unsaturated/α-hetero) is 3. The molecule has 0 saturated carbocycles. The molecule has 0 aromatic heterocycles. The van der Waals surface area contributed by atoms with Gasteiger partial charge >= 0.3 is 0 Å². The Labute approximate surface area is 251 Å². The van der Waals surface area contributed by atoms with Crippen LogP contribution in [0.2, 0.25) is 0 Å². The lowest BCUT2D eigenvalue weighted by molar-refractivity contribution is 0.0851. The van der Waals surface area contributed by atoms with E-state index in [-0.39, 0.29) is 30.2 Å². The van der Waals surface area contributed by atoms with E-state index in [0.717, 1.165) is 11.1 Å². The molecule has 0 N–H and O–H groups in total. The van der Waals surface area contributed by atoms with Crippen molar-refractivity contribution in [3.63, 3.8) is 0 Å². The molecule has 43 heavy (non-hydrogen) atoms. The van der Waals surface area contributed by atoms with Crippen LogP contribution in [0.1, 0.15) is 66.9 Å². The maximum absolute atomic E-state index is 14.3. The fourth-order valence-corrected chi connectivity index (χ4v) is 6.04. The van der Waals surface area contributed by atoms with Gasteiger partial charge in [0, 0.05) is 47.3 Å². The highest BCUT2D eigenvalue weighted by Gasteiger charge is 2.47. The first kappa shape index (κ1) is 29.6. The number of rotatable bonds is 12. The molecule has 3 atom stereocenters. The van der Waals surface area contributed by atoms with Crippen LogP contribution in [0.5, 0.6) is 23.0 Å². The number of ketones is 3. The number of benzene rings is 4. The van der Waals surface area contributed by atoms with E-state index >= 15 is 0 Å². The number of carbonyl (C=O) groups excluding carboxylic acids is 3. The minimum absolute atomic E-state index is 0.0747. The number of hydrogen-bond donors (Lipinski definition) is 0. The summed E-state index contributed by atoms with van der Waals surface area (Å²) in [6.07, 6.45) is 0.149. The van der Waals surface area contributed by atoms with Gasteiger partial charge in [-0.05, 0) is 71.8 Å². The number of hydrogen-bond acceptors (Lipinski definition) is 7. The van der Waals surface area contributed by atoms with Crippen LogP contribution in [0.3, 0.4) is 0 Å². The number of fused-ring (bicyclic) bond motifs is 1. The Balaban J connectivity index is 1.61. The Morgan fingerprint density at radius 2 is 0.953 bits per heavy atom. The van der Waals surface area contributed by atoms with Gasteiger partial charge in [0.15, 0.2) is 28.8 Å². The fraction of sp³-hybridized carbons (Fsp3) is 0.250. The minimum Gasteiger partial charge on any atom is -0.497 e. The minimum atomic E-state index is -0.668. The second-order valence-electron chi connectivity index (χ2n) is 10.5. The maximum atomic E-state index is 14.3. The summed E-state index contributed by atoms with van der Waals surface area (Å²) in [6.45, 7) is 0. The summed E-state index contributed by atoms with van der Waals surface area (Å²) in [5.41, 5.74) is 3.18. The lowest BCUT2D eigenvalue weighted by Gasteiger charge is -2.24. The van der Waals surface area contributed by atoms with Gasteiger partial charge in [-0.25, -0.2) is 0 Å². The van der Waals surface area contributed by atoms with Crippen molar-refractivity contribution in [1.82, 2.24) is 0 Å². The standard InChI is InChI=1S/C36H34O7/c1-40-25-14-10-22(11-15-25)31(37)18-29-27-20-33(42-3)34(43-4)21-28(27)30(35(29)36(39)24-8-6-5-7-9-24)19-32(38)23-12-16-26(41-2)17-13-23/h5-17,20-21,29-30,35H,18-19H2,1-4H3/t29-,30+,35?. The molecule has 4 aromatic rings. The molecule has 4 aromatic carbocycles. The van der Waals surface area contributed by atoms with Gasteiger partial charge in [0.2, 0.25) is 0 Å². The van der Waals surface area contributed by atoms with Crippen molar-refractivity contribution >= 4 is 17.3 Å². The third-order valence-electron chi connectivity index (χ3n) is 8.25. The number of ether oxygens (including phenoxy) is 4. The van der Waals surface area contributed by atoms with Crippen molar-refractivity contribution < 1.29 is 33.3 Å². The van der Waals surface area contributed by atoms with Crippen molar-refractivity contribution in [2.75, 3.05) is 28.4 Å². The average molecular weight is 579 g/mol. The number of methoxy groups -OCH3 is 4. The molecule has 7 nitrogen and oxygen atoms in total.